The lowest BCUT2D eigenvalue weighted by Crippen LogP contribution is -2.51. The zero-order valence-electron chi connectivity index (χ0n) is 12.2. The molecule has 0 spiro atoms. The Labute approximate surface area is 124 Å². The van der Waals surface area contributed by atoms with E-state index in [1.54, 1.807) is 12.1 Å². The lowest BCUT2D eigenvalue weighted by atomic mass is 9.76. The molecule has 2 saturated heterocycles. The van der Waals surface area contributed by atoms with Gasteiger partial charge >= 0.3 is 0 Å². The van der Waals surface area contributed by atoms with Crippen LogP contribution in [-0.4, -0.2) is 29.8 Å². The number of ketones is 1. The molecule has 2 aliphatic heterocycles. The maximum atomic E-state index is 14.2. The molecule has 0 aromatic heterocycles. The fraction of sp³-hybridized carbons (Fsp3) is 0.529. The van der Waals surface area contributed by atoms with Crippen molar-refractivity contribution in [3.63, 3.8) is 0 Å². The van der Waals surface area contributed by atoms with Crippen molar-refractivity contribution in [3.8, 4) is 6.07 Å². The molecule has 1 aromatic rings. The molecule has 2 heterocycles. The first-order chi connectivity index (χ1) is 10.1. The Morgan fingerprint density at radius 2 is 2.00 bits per heavy atom. The number of Topliss-reactive ketones (excluding diaryl/α,β-unsaturated/α-hetero) is 1. The number of rotatable bonds is 2. The van der Waals surface area contributed by atoms with Gasteiger partial charge in [-0.25, -0.2) is 4.39 Å². The standard InChI is InChI=1S/C17H19FN2O/c1-20-13-5-3-6-14(20)9-12(8-13)17(21)15-7-2-4-11(10-19)16(15)18/h2,4,7,12-14H,3,5-6,8-9H2,1H3. The summed E-state index contributed by atoms with van der Waals surface area (Å²) in [5, 5.41) is 8.89. The summed E-state index contributed by atoms with van der Waals surface area (Å²) in [6.45, 7) is 0. The van der Waals surface area contributed by atoms with E-state index < -0.39 is 5.82 Å². The van der Waals surface area contributed by atoms with Crippen molar-refractivity contribution >= 4 is 5.78 Å². The molecule has 2 atom stereocenters. The second-order valence-corrected chi connectivity index (χ2v) is 6.22. The van der Waals surface area contributed by atoms with Gasteiger partial charge < -0.3 is 4.90 Å². The van der Waals surface area contributed by atoms with Crippen molar-refractivity contribution in [2.75, 3.05) is 7.05 Å². The van der Waals surface area contributed by atoms with E-state index in [2.05, 4.69) is 11.9 Å². The largest absolute Gasteiger partial charge is 0.300 e. The minimum atomic E-state index is -0.658. The van der Waals surface area contributed by atoms with Crippen molar-refractivity contribution in [2.24, 2.45) is 5.92 Å². The molecular formula is C17H19FN2O. The van der Waals surface area contributed by atoms with Gasteiger partial charge in [-0.2, -0.15) is 5.26 Å². The normalized spacial score (nSPS) is 28.9. The summed E-state index contributed by atoms with van der Waals surface area (Å²) in [4.78, 5) is 15.0. The molecular weight excluding hydrogens is 267 g/mol. The summed E-state index contributed by atoms with van der Waals surface area (Å²) in [7, 11) is 2.13. The molecule has 2 bridgehead atoms. The lowest BCUT2D eigenvalue weighted by Gasteiger charge is -2.46. The van der Waals surface area contributed by atoms with Crippen LogP contribution < -0.4 is 0 Å². The van der Waals surface area contributed by atoms with Gasteiger partial charge in [-0.15, -0.1) is 0 Å². The molecule has 0 radical (unpaired) electrons. The van der Waals surface area contributed by atoms with Crippen LogP contribution in [0, 0.1) is 23.1 Å². The molecule has 110 valence electrons. The first-order valence-corrected chi connectivity index (χ1v) is 7.56. The van der Waals surface area contributed by atoms with Crippen molar-refractivity contribution < 1.29 is 9.18 Å². The van der Waals surface area contributed by atoms with Gasteiger partial charge in [-0.3, -0.25) is 4.79 Å². The van der Waals surface area contributed by atoms with Gasteiger partial charge in [0.05, 0.1) is 11.1 Å². The minimum absolute atomic E-state index is 0.0472. The van der Waals surface area contributed by atoms with E-state index in [9.17, 15) is 9.18 Å². The highest BCUT2D eigenvalue weighted by Gasteiger charge is 2.39. The zero-order valence-corrected chi connectivity index (χ0v) is 12.2. The van der Waals surface area contributed by atoms with Crippen LogP contribution >= 0.6 is 0 Å². The maximum Gasteiger partial charge on any atom is 0.169 e. The van der Waals surface area contributed by atoms with Crippen LogP contribution in [0.4, 0.5) is 4.39 Å². The fourth-order valence-electron chi connectivity index (χ4n) is 3.86. The van der Waals surface area contributed by atoms with Gasteiger partial charge in [0.25, 0.3) is 0 Å². The Morgan fingerprint density at radius 3 is 2.62 bits per heavy atom. The predicted octanol–water partition coefficient (Wildman–Crippen LogP) is 3.14. The number of carbonyl (C=O) groups excluding carboxylic acids is 1. The number of halogens is 1. The Balaban J connectivity index is 1.85. The summed E-state index contributed by atoms with van der Waals surface area (Å²) < 4.78 is 14.2. The van der Waals surface area contributed by atoms with E-state index in [0.29, 0.717) is 12.1 Å². The molecule has 2 unspecified atom stereocenters. The second kappa shape index (κ2) is 5.57. The molecule has 0 saturated carbocycles. The average Bonchev–Trinajstić information content (AvgIpc) is 2.46. The van der Waals surface area contributed by atoms with Crippen molar-refractivity contribution in [2.45, 2.75) is 44.2 Å². The molecule has 1 aromatic carbocycles. The SMILES string of the molecule is CN1C2CCCC1CC(C(=O)c1cccc(C#N)c1F)C2. The molecule has 2 aliphatic rings. The first kappa shape index (κ1) is 14.2. The number of nitriles is 1. The van der Waals surface area contributed by atoms with Gasteiger partial charge in [0, 0.05) is 18.0 Å². The number of hydrogen-bond donors (Lipinski definition) is 0. The van der Waals surface area contributed by atoms with E-state index in [4.69, 9.17) is 5.26 Å². The van der Waals surface area contributed by atoms with Crippen LogP contribution in [0.15, 0.2) is 18.2 Å². The summed E-state index contributed by atoms with van der Waals surface area (Å²) >= 11 is 0. The Morgan fingerprint density at radius 1 is 1.33 bits per heavy atom. The second-order valence-electron chi connectivity index (χ2n) is 6.22. The molecule has 3 nitrogen and oxygen atoms in total. The number of fused-ring (bicyclic) bond motifs is 2. The van der Waals surface area contributed by atoms with E-state index >= 15 is 0 Å². The van der Waals surface area contributed by atoms with Gasteiger partial charge in [-0.05, 0) is 44.9 Å². The first-order valence-electron chi connectivity index (χ1n) is 7.56. The molecule has 0 N–H and O–H groups in total. The van der Waals surface area contributed by atoms with Crippen LogP contribution in [0.2, 0.25) is 0 Å². The van der Waals surface area contributed by atoms with Crippen molar-refractivity contribution in [1.82, 2.24) is 4.90 Å². The highest BCUT2D eigenvalue weighted by molar-refractivity contribution is 5.98. The molecule has 0 amide bonds. The zero-order chi connectivity index (χ0) is 15.0. The Hall–Kier alpha value is -1.73. The third-order valence-corrected chi connectivity index (χ3v) is 5.10. The maximum absolute atomic E-state index is 14.2. The van der Waals surface area contributed by atoms with Crippen LogP contribution in [0.1, 0.15) is 48.0 Å². The summed E-state index contributed by atoms with van der Waals surface area (Å²) in [5.41, 5.74) is 0.0376. The van der Waals surface area contributed by atoms with Crippen molar-refractivity contribution in [3.05, 3.63) is 35.1 Å². The number of piperidine rings is 2. The van der Waals surface area contributed by atoms with Crippen molar-refractivity contribution in [1.29, 1.82) is 5.26 Å². The van der Waals surface area contributed by atoms with Crippen LogP contribution in [-0.2, 0) is 0 Å². The van der Waals surface area contributed by atoms with E-state index in [1.165, 1.54) is 18.6 Å². The van der Waals surface area contributed by atoms with Crippen LogP contribution in [0.5, 0.6) is 0 Å². The summed E-state index contributed by atoms with van der Waals surface area (Å²) in [6, 6.07) is 7.19. The Bertz CT molecular complexity index is 593. The van der Waals surface area contributed by atoms with Gasteiger partial charge in [0.15, 0.2) is 11.6 Å². The average molecular weight is 286 g/mol. The van der Waals surface area contributed by atoms with E-state index in [-0.39, 0.29) is 22.8 Å². The molecule has 21 heavy (non-hydrogen) atoms. The number of nitrogens with zero attached hydrogens (tertiary/aromatic N) is 2. The molecule has 2 fully saturated rings. The topological polar surface area (TPSA) is 44.1 Å². The van der Waals surface area contributed by atoms with E-state index in [1.807, 2.05) is 0 Å². The number of hydrogen-bond acceptors (Lipinski definition) is 3. The highest BCUT2D eigenvalue weighted by atomic mass is 19.1. The summed E-state index contributed by atoms with van der Waals surface area (Å²) in [6.07, 6.45) is 5.08. The lowest BCUT2D eigenvalue weighted by molar-refractivity contribution is 0.0337. The minimum Gasteiger partial charge on any atom is -0.300 e. The monoisotopic (exact) mass is 286 g/mol. The van der Waals surface area contributed by atoms with Gasteiger partial charge in [-0.1, -0.05) is 12.5 Å². The Kier molecular flexibility index (Phi) is 3.77. The molecule has 0 aliphatic carbocycles. The molecule has 4 heteroatoms. The summed E-state index contributed by atoms with van der Waals surface area (Å²) in [5.74, 6) is -0.899. The quantitative estimate of drug-likeness (QED) is 0.784. The van der Waals surface area contributed by atoms with Gasteiger partial charge in [0.2, 0.25) is 0 Å². The highest BCUT2D eigenvalue weighted by Crippen LogP contribution is 2.37. The van der Waals surface area contributed by atoms with Crippen LogP contribution in [0.3, 0.4) is 0 Å². The van der Waals surface area contributed by atoms with Crippen LogP contribution in [0.25, 0.3) is 0 Å². The molecule has 3 rings (SSSR count). The third kappa shape index (κ3) is 2.47. The van der Waals surface area contributed by atoms with E-state index in [0.717, 1.165) is 25.7 Å². The third-order valence-electron chi connectivity index (χ3n) is 5.10. The fourth-order valence-corrected chi connectivity index (χ4v) is 3.86. The predicted molar refractivity (Wildman–Crippen MR) is 77.4 cm³/mol. The smallest absolute Gasteiger partial charge is 0.169 e. The number of benzene rings is 1. The number of carbonyl (C=O) groups is 1. The van der Waals surface area contributed by atoms with Gasteiger partial charge in [0.1, 0.15) is 6.07 Å².